The van der Waals surface area contributed by atoms with Crippen molar-refractivity contribution in [2.75, 3.05) is 6.61 Å². The summed E-state index contributed by atoms with van der Waals surface area (Å²) in [6.07, 6.45) is 1.55. The molecule has 1 rings (SSSR count). The van der Waals surface area contributed by atoms with E-state index in [-0.39, 0.29) is 5.69 Å². The minimum absolute atomic E-state index is 0.135. The van der Waals surface area contributed by atoms with E-state index in [4.69, 9.17) is 39.6 Å². The molecule has 0 spiro atoms. The number of aromatic nitrogens is 1. The highest BCUT2D eigenvalue weighted by atomic mass is 35.6. The number of pyridine rings is 1. The van der Waals surface area contributed by atoms with Crippen molar-refractivity contribution < 1.29 is 19.1 Å². The Morgan fingerprint density at radius 1 is 1.44 bits per heavy atom. The minimum Gasteiger partial charge on any atom is -0.406 e. The van der Waals surface area contributed by atoms with Crippen molar-refractivity contribution in [2.24, 2.45) is 0 Å². The van der Waals surface area contributed by atoms with Crippen LogP contribution in [-0.2, 0) is 4.74 Å². The molecule has 0 aliphatic heterocycles. The maximum atomic E-state index is 11.6. The molecule has 4 nitrogen and oxygen atoms in total. The van der Waals surface area contributed by atoms with Gasteiger partial charge in [0, 0.05) is 16.9 Å². The smallest absolute Gasteiger partial charge is 0.406 e. The lowest BCUT2D eigenvalue weighted by molar-refractivity contribution is -0.892. The summed E-state index contributed by atoms with van der Waals surface area (Å²) in [5.74, 6) is -0.783. The average Bonchev–Trinajstić information content (AvgIpc) is 2.16. The fraction of sp³-hybridized carbons (Fsp3) is 0.333. The van der Waals surface area contributed by atoms with Gasteiger partial charge >= 0.3 is 15.6 Å². The Bertz CT molecular complexity index is 379. The topological polar surface area (TPSA) is 39.4 Å². The summed E-state index contributed by atoms with van der Waals surface area (Å²) >= 11 is 16.0. The van der Waals surface area contributed by atoms with E-state index in [9.17, 15) is 4.79 Å². The molecule has 88 valence electrons. The molecule has 0 aromatic carbocycles. The van der Waals surface area contributed by atoms with Crippen molar-refractivity contribution in [1.29, 1.82) is 0 Å². The van der Waals surface area contributed by atoms with Crippen molar-refractivity contribution in [3.05, 3.63) is 30.1 Å². The van der Waals surface area contributed by atoms with Gasteiger partial charge in [-0.25, -0.2) is 4.79 Å². The molecule has 0 N–H and O–H groups in total. The molecule has 16 heavy (non-hydrogen) atoms. The molecule has 0 aliphatic carbocycles. The molecular weight excluding hydrogens is 276 g/mol. The van der Waals surface area contributed by atoms with Crippen LogP contribution in [0, 0.1) is 0 Å². The van der Waals surface area contributed by atoms with Crippen LogP contribution in [-0.4, -0.2) is 16.6 Å². The van der Waals surface area contributed by atoms with Gasteiger partial charge in [-0.1, -0.05) is 0 Å². The highest BCUT2D eigenvalue weighted by molar-refractivity contribution is 6.66. The van der Waals surface area contributed by atoms with Crippen molar-refractivity contribution in [3.63, 3.8) is 0 Å². The van der Waals surface area contributed by atoms with E-state index in [1.54, 1.807) is 25.3 Å². The third-order valence-corrected chi connectivity index (χ3v) is 1.74. The monoisotopic (exact) mass is 284 g/mol. The first-order valence-corrected chi connectivity index (χ1v) is 5.51. The summed E-state index contributed by atoms with van der Waals surface area (Å²) in [5.41, 5.74) is 0.135. The third kappa shape index (κ3) is 4.04. The van der Waals surface area contributed by atoms with Gasteiger partial charge in [0.1, 0.15) is 0 Å². The zero-order valence-electron chi connectivity index (χ0n) is 8.32. The molecule has 0 aliphatic rings. The lowest BCUT2D eigenvalue weighted by Crippen LogP contribution is -2.48. The lowest BCUT2D eigenvalue weighted by atomic mass is 10.3. The van der Waals surface area contributed by atoms with Gasteiger partial charge in [-0.2, -0.15) is 0 Å². The largest absolute Gasteiger partial charge is 0.412 e. The van der Waals surface area contributed by atoms with Crippen LogP contribution in [0.5, 0.6) is 0 Å². The van der Waals surface area contributed by atoms with E-state index >= 15 is 0 Å². The number of carbonyl (C=O) groups is 1. The summed E-state index contributed by atoms with van der Waals surface area (Å²) in [6, 6.07) is 4.83. The van der Waals surface area contributed by atoms with E-state index in [1.165, 1.54) is 10.8 Å². The quantitative estimate of drug-likeness (QED) is 0.484. The van der Waals surface area contributed by atoms with Crippen LogP contribution in [0.25, 0.3) is 0 Å². The van der Waals surface area contributed by atoms with Crippen LogP contribution >= 0.6 is 34.8 Å². The maximum absolute atomic E-state index is 11.6. The Morgan fingerprint density at radius 2 is 2.12 bits per heavy atom. The molecule has 0 saturated heterocycles. The number of esters is 1. The van der Waals surface area contributed by atoms with Crippen LogP contribution in [0.1, 0.15) is 17.4 Å². The Kier molecular flexibility index (Phi) is 4.65. The summed E-state index contributed by atoms with van der Waals surface area (Å²) in [6.45, 7) is 2.17. The predicted octanol–water partition coefficient (Wildman–Crippen LogP) is 1.91. The summed E-state index contributed by atoms with van der Waals surface area (Å²) < 4.78 is 3.73. The number of alkyl halides is 3. The van der Waals surface area contributed by atoms with Crippen LogP contribution in [0.4, 0.5) is 0 Å². The van der Waals surface area contributed by atoms with E-state index < -0.39 is 9.95 Å². The number of ether oxygens (including phenoxy) is 1. The molecular formula is C9H9Cl3NO3+. The second-order valence-electron chi connectivity index (χ2n) is 2.66. The SMILES string of the molecule is CCO[n+]1ccccc1C(=O)OC(Cl)(Cl)Cl. The molecule has 1 heterocycles. The Balaban J connectivity index is 2.90. The molecule has 1 aromatic rings. The molecule has 0 atom stereocenters. The van der Waals surface area contributed by atoms with Crippen LogP contribution in [0.2, 0.25) is 0 Å². The normalized spacial score (nSPS) is 11.0. The second kappa shape index (κ2) is 5.57. The van der Waals surface area contributed by atoms with Gasteiger partial charge in [-0.15, -0.1) is 0 Å². The zero-order chi connectivity index (χ0) is 12.2. The number of carbonyl (C=O) groups excluding carboxylic acids is 1. The summed E-state index contributed by atoms with van der Waals surface area (Å²) in [4.78, 5) is 16.7. The van der Waals surface area contributed by atoms with Crippen molar-refractivity contribution >= 4 is 40.8 Å². The van der Waals surface area contributed by atoms with Crippen LogP contribution in [0.15, 0.2) is 24.4 Å². The van der Waals surface area contributed by atoms with Crippen LogP contribution in [0.3, 0.4) is 0 Å². The number of hydrogen-bond donors (Lipinski definition) is 0. The zero-order valence-corrected chi connectivity index (χ0v) is 10.6. The summed E-state index contributed by atoms with van der Waals surface area (Å²) in [7, 11) is 0. The van der Waals surface area contributed by atoms with E-state index in [1.807, 2.05) is 0 Å². The number of halogens is 3. The molecule has 0 amide bonds. The van der Waals surface area contributed by atoms with Gasteiger partial charge < -0.3 is 4.74 Å². The van der Waals surface area contributed by atoms with E-state index in [2.05, 4.69) is 4.74 Å². The van der Waals surface area contributed by atoms with Gasteiger partial charge in [-0.3, -0.25) is 4.84 Å². The Morgan fingerprint density at radius 3 is 2.69 bits per heavy atom. The predicted molar refractivity (Wildman–Crippen MR) is 59.5 cm³/mol. The van der Waals surface area contributed by atoms with Crippen molar-refractivity contribution in [1.82, 2.24) is 0 Å². The molecule has 7 heteroatoms. The first-order valence-electron chi connectivity index (χ1n) is 4.38. The second-order valence-corrected chi connectivity index (χ2v) is 4.84. The highest BCUT2D eigenvalue weighted by Crippen LogP contribution is 2.28. The standard InChI is InChI=1S/C9H9Cl3NO3/c1-2-15-13-6-4-3-5-7(13)8(14)16-9(10,11)12/h3-6H,2H2,1H3/q+1. The van der Waals surface area contributed by atoms with Gasteiger partial charge in [0.05, 0.1) is 0 Å². The number of hydrogen-bond acceptors (Lipinski definition) is 3. The first kappa shape index (κ1) is 13.4. The molecule has 0 fully saturated rings. The first-order chi connectivity index (χ1) is 7.44. The minimum atomic E-state index is -2.09. The average molecular weight is 286 g/mol. The van der Waals surface area contributed by atoms with Crippen LogP contribution < -0.4 is 9.57 Å². The fourth-order valence-corrected chi connectivity index (χ4v) is 1.21. The van der Waals surface area contributed by atoms with E-state index in [0.717, 1.165) is 0 Å². The maximum Gasteiger partial charge on any atom is 0.412 e. The van der Waals surface area contributed by atoms with Gasteiger partial charge in [0.2, 0.25) is 6.20 Å². The van der Waals surface area contributed by atoms with Crippen molar-refractivity contribution in [2.45, 2.75) is 10.9 Å². The van der Waals surface area contributed by atoms with E-state index in [0.29, 0.717) is 6.61 Å². The Labute approximate surface area is 108 Å². The highest BCUT2D eigenvalue weighted by Gasteiger charge is 2.31. The fourth-order valence-electron chi connectivity index (χ4n) is 0.995. The lowest BCUT2D eigenvalue weighted by Gasteiger charge is -2.10. The molecule has 0 unspecified atom stereocenters. The molecule has 0 saturated carbocycles. The molecule has 0 radical (unpaired) electrons. The molecule has 1 aromatic heterocycles. The summed E-state index contributed by atoms with van der Waals surface area (Å²) in [5, 5.41) is 0. The van der Waals surface area contributed by atoms with Crippen molar-refractivity contribution in [3.8, 4) is 0 Å². The Hall–Kier alpha value is -0.710. The van der Waals surface area contributed by atoms with Gasteiger partial charge in [0.25, 0.3) is 0 Å². The van der Waals surface area contributed by atoms with Gasteiger partial charge in [0.15, 0.2) is 6.61 Å². The molecule has 0 bridgehead atoms. The van der Waals surface area contributed by atoms with Gasteiger partial charge in [-0.05, 0) is 47.8 Å². The number of rotatable bonds is 3. The third-order valence-electron chi connectivity index (χ3n) is 1.51. The number of nitrogens with zero attached hydrogens (tertiary/aromatic N) is 1.